The van der Waals surface area contributed by atoms with Crippen molar-refractivity contribution in [2.24, 2.45) is 7.05 Å². The molecular formula is C32H32N6O2. The minimum absolute atomic E-state index is 0.0280. The van der Waals surface area contributed by atoms with Crippen LogP contribution < -0.4 is 15.4 Å². The number of methoxy groups -OCH3 is 1. The van der Waals surface area contributed by atoms with E-state index in [1.807, 2.05) is 61.8 Å². The zero-order valence-electron chi connectivity index (χ0n) is 22.6. The summed E-state index contributed by atoms with van der Waals surface area (Å²) in [5.41, 5.74) is 3.08. The van der Waals surface area contributed by atoms with E-state index in [4.69, 9.17) is 4.74 Å². The van der Waals surface area contributed by atoms with E-state index in [0.717, 1.165) is 42.0 Å². The summed E-state index contributed by atoms with van der Waals surface area (Å²) in [5.74, 6) is 2.45. The molecule has 6 rings (SSSR count). The zero-order chi connectivity index (χ0) is 27.5. The fraction of sp³-hybridized carbons (Fsp3) is 0.219. The molecule has 0 spiro atoms. The minimum atomic E-state index is -0.0788. The Bertz CT molecular complexity index is 1620. The number of aromatic nitrogens is 3. The summed E-state index contributed by atoms with van der Waals surface area (Å²) in [4.78, 5) is 20.5. The molecule has 1 aliphatic heterocycles. The van der Waals surface area contributed by atoms with Crippen LogP contribution in [0.5, 0.6) is 5.75 Å². The van der Waals surface area contributed by atoms with Gasteiger partial charge in [0.25, 0.3) is 5.91 Å². The number of ether oxygens (including phenoxy) is 1. The zero-order valence-corrected chi connectivity index (χ0v) is 22.6. The Kier molecular flexibility index (Phi) is 7.16. The molecule has 5 aromatic rings. The number of fused-ring (bicyclic) bond motifs is 1. The lowest BCUT2D eigenvalue weighted by Crippen LogP contribution is -2.39. The second-order valence-corrected chi connectivity index (χ2v) is 10.2. The molecule has 3 heterocycles. The van der Waals surface area contributed by atoms with Crippen LogP contribution in [0.15, 0.2) is 97.3 Å². The van der Waals surface area contributed by atoms with Gasteiger partial charge in [0.05, 0.1) is 13.3 Å². The van der Waals surface area contributed by atoms with Gasteiger partial charge in [-0.2, -0.15) is 5.10 Å². The van der Waals surface area contributed by atoms with Gasteiger partial charge in [-0.15, -0.1) is 0 Å². The van der Waals surface area contributed by atoms with E-state index in [-0.39, 0.29) is 17.9 Å². The molecule has 1 aliphatic rings. The van der Waals surface area contributed by atoms with Crippen LogP contribution >= 0.6 is 0 Å². The van der Waals surface area contributed by atoms with Crippen LogP contribution in [0, 0.1) is 0 Å². The number of likely N-dealkylation sites (tertiary alicyclic amines) is 1. The van der Waals surface area contributed by atoms with Crippen LogP contribution in [0.3, 0.4) is 0 Å². The van der Waals surface area contributed by atoms with Crippen molar-refractivity contribution in [1.82, 2.24) is 25.0 Å². The summed E-state index contributed by atoms with van der Waals surface area (Å²) in [7, 11) is 3.54. The van der Waals surface area contributed by atoms with Crippen LogP contribution in [0.25, 0.3) is 10.8 Å². The van der Waals surface area contributed by atoms with E-state index < -0.39 is 0 Å². The molecule has 0 unspecified atom stereocenters. The van der Waals surface area contributed by atoms with Crippen molar-refractivity contribution in [2.75, 3.05) is 25.5 Å². The largest absolute Gasteiger partial charge is 0.497 e. The number of anilines is 2. The van der Waals surface area contributed by atoms with Gasteiger partial charge in [0.2, 0.25) is 0 Å². The standard InChI is InChI=1S/C32H32N6O2/c1-37-31(14-15-34-37)36-30-17-26-16-24(8-9-25(26)18-33-30)32(39)35-29-21-38(19-22-6-4-3-5-7-22)20-28(29)23-10-12-27(40-2)13-11-23/h3-18,28-29H,19-21H2,1-2H3,(H,33,36)(H,35,39)/t28-,29+/m0/s1. The van der Waals surface area contributed by atoms with E-state index in [0.29, 0.717) is 11.4 Å². The van der Waals surface area contributed by atoms with E-state index in [1.165, 1.54) is 11.1 Å². The second kappa shape index (κ2) is 11.2. The first kappa shape index (κ1) is 25.6. The van der Waals surface area contributed by atoms with Gasteiger partial charge in [0.15, 0.2) is 0 Å². The molecule has 1 amide bonds. The van der Waals surface area contributed by atoms with Crippen LogP contribution in [0.2, 0.25) is 0 Å². The van der Waals surface area contributed by atoms with Crippen LogP contribution in [0.4, 0.5) is 11.6 Å². The lowest BCUT2D eigenvalue weighted by Gasteiger charge is -2.21. The molecule has 3 aromatic carbocycles. The van der Waals surface area contributed by atoms with Crippen LogP contribution in [-0.2, 0) is 13.6 Å². The summed E-state index contributed by atoms with van der Waals surface area (Å²) >= 11 is 0. The average molecular weight is 533 g/mol. The molecule has 2 aromatic heterocycles. The maximum absolute atomic E-state index is 13.6. The van der Waals surface area contributed by atoms with Crippen molar-refractivity contribution in [2.45, 2.75) is 18.5 Å². The molecule has 202 valence electrons. The van der Waals surface area contributed by atoms with Crippen LogP contribution in [-0.4, -0.2) is 51.8 Å². The predicted molar refractivity (Wildman–Crippen MR) is 157 cm³/mol. The number of pyridine rings is 1. The minimum Gasteiger partial charge on any atom is -0.497 e. The van der Waals surface area contributed by atoms with Gasteiger partial charge >= 0.3 is 0 Å². The number of amides is 1. The first-order valence-electron chi connectivity index (χ1n) is 13.4. The Balaban J connectivity index is 1.22. The Hall–Kier alpha value is -4.69. The quantitative estimate of drug-likeness (QED) is 0.289. The lowest BCUT2D eigenvalue weighted by atomic mass is 9.94. The molecule has 2 atom stereocenters. The smallest absolute Gasteiger partial charge is 0.251 e. The van der Waals surface area contributed by atoms with Crippen molar-refractivity contribution in [3.8, 4) is 5.75 Å². The van der Waals surface area contributed by atoms with Gasteiger partial charge in [-0.3, -0.25) is 14.4 Å². The summed E-state index contributed by atoms with van der Waals surface area (Å²) in [6.45, 7) is 2.47. The maximum Gasteiger partial charge on any atom is 0.251 e. The van der Waals surface area contributed by atoms with Gasteiger partial charge < -0.3 is 15.4 Å². The number of nitrogens with zero attached hydrogens (tertiary/aromatic N) is 4. The van der Waals surface area contributed by atoms with E-state index in [1.54, 1.807) is 18.0 Å². The van der Waals surface area contributed by atoms with Crippen molar-refractivity contribution in [3.63, 3.8) is 0 Å². The lowest BCUT2D eigenvalue weighted by molar-refractivity contribution is 0.0935. The van der Waals surface area contributed by atoms with E-state index >= 15 is 0 Å². The third kappa shape index (κ3) is 5.53. The average Bonchev–Trinajstić information content (AvgIpc) is 3.58. The SMILES string of the molecule is COc1ccc([C@@H]2CN(Cc3ccccc3)C[C@H]2NC(=O)c2ccc3cnc(Nc4ccnn4C)cc3c2)cc1. The molecule has 0 aliphatic carbocycles. The van der Waals surface area contributed by atoms with Crippen LogP contribution in [0.1, 0.15) is 27.4 Å². The van der Waals surface area contributed by atoms with Crippen molar-refractivity contribution >= 4 is 28.3 Å². The van der Waals surface area contributed by atoms with Crippen molar-refractivity contribution in [3.05, 3.63) is 114 Å². The number of hydrogen-bond acceptors (Lipinski definition) is 6. The molecule has 40 heavy (non-hydrogen) atoms. The summed E-state index contributed by atoms with van der Waals surface area (Å²) in [5, 5.41) is 12.7. The third-order valence-corrected chi connectivity index (χ3v) is 7.57. The first-order chi connectivity index (χ1) is 19.6. The van der Waals surface area contributed by atoms with Gasteiger partial charge in [0, 0.05) is 61.9 Å². The van der Waals surface area contributed by atoms with Crippen molar-refractivity contribution in [1.29, 1.82) is 0 Å². The predicted octanol–water partition coefficient (Wildman–Crippen LogP) is 5.12. The Morgan fingerprint density at radius 2 is 1.80 bits per heavy atom. The molecule has 8 nitrogen and oxygen atoms in total. The number of carbonyl (C=O) groups excluding carboxylic acids is 1. The molecule has 1 fully saturated rings. The van der Waals surface area contributed by atoms with E-state index in [2.05, 4.69) is 62.0 Å². The highest BCUT2D eigenvalue weighted by molar-refractivity contribution is 5.99. The summed E-state index contributed by atoms with van der Waals surface area (Å²) in [6.07, 6.45) is 3.54. The summed E-state index contributed by atoms with van der Waals surface area (Å²) < 4.78 is 7.11. The number of nitrogens with one attached hydrogen (secondary N) is 2. The number of benzene rings is 3. The first-order valence-corrected chi connectivity index (χ1v) is 13.4. The van der Waals surface area contributed by atoms with Gasteiger partial charge in [-0.25, -0.2) is 4.98 Å². The molecule has 0 radical (unpaired) electrons. The highest BCUT2D eigenvalue weighted by Gasteiger charge is 2.35. The molecule has 0 saturated carbocycles. The monoisotopic (exact) mass is 532 g/mol. The number of hydrogen-bond donors (Lipinski definition) is 2. The second-order valence-electron chi connectivity index (χ2n) is 10.2. The summed E-state index contributed by atoms with van der Waals surface area (Å²) in [6, 6.07) is 28.2. The normalized spacial score (nSPS) is 17.1. The Morgan fingerprint density at radius 3 is 2.55 bits per heavy atom. The van der Waals surface area contributed by atoms with Gasteiger partial charge in [-0.05, 0) is 46.8 Å². The number of rotatable bonds is 8. The van der Waals surface area contributed by atoms with E-state index in [9.17, 15) is 4.79 Å². The van der Waals surface area contributed by atoms with Gasteiger partial charge in [0.1, 0.15) is 17.4 Å². The topological polar surface area (TPSA) is 84.3 Å². The third-order valence-electron chi connectivity index (χ3n) is 7.57. The highest BCUT2D eigenvalue weighted by Crippen LogP contribution is 2.30. The molecule has 1 saturated heterocycles. The fourth-order valence-corrected chi connectivity index (χ4v) is 5.42. The molecule has 8 heteroatoms. The highest BCUT2D eigenvalue weighted by atomic mass is 16.5. The van der Waals surface area contributed by atoms with Gasteiger partial charge in [-0.1, -0.05) is 48.5 Å². The van der Waals surface area contributed by atoms with Crippen molar-refractivity contribution < 1.29 is 9.53 Å². The molecule has 2 N–H and O–H groups in total. The Labute approximate surface area is 233 Å². The Morgan fingerprint density at radius 1 is 0.975 bits per heavy atom. The fourth-order valence-electron chi connectivity index (χ4n) is 5.42. The molecular weight excluding hydrogens is 500 g/mol. The number of aryl methyl sites for hydroxylation is 1. The molecule has 0 bridgehead atoms. The maximum atomic E-state index is 13.6. The number of carbonyl (C=O) groups is 1.